The number of esters is 1. The van der Waals surface area contributed by atoms with Crippen molar-refractivity contribution >= 4 is 34.1 Å². The van der Waals surface area contributed by atoms with Crippen LogP contribution in [0.15, 0.2) is 46.1 Å². The van der Waals surface area contributed by atoms with Crippen LogP contribution in [0.3, 0.4) is 0 Å². The molecular formula is C51H73N5O12. The van der Waals surface area contributed by atoms with E-state index >= 15 is 0 Å². The fourth-order valence-corrected chi connectivity index (χ4v) is 9.38. The van der Waals surface area contributed by atoms with E-state index in [9.17, 15) is 39.9 Å². The van der Waals surface area contributed by atoms with Crippen molar-refractivity contribution in [3.63, 3.8) is 0 Å². The van der Waals surface area contributed by atoms with Crippen LogP contribution in [0, 0.1) is 36.5 Å². The molecule has 374 valence electrons. The number of likely N-dealkylation sites (tertiary alicyclic amines) is 1. The number of carbonyl (C=O) groups excluding carboxylic acids is 3. The van der Waals surface area contributed by atoms with Crippen LogP contribution in [0.5, 0.6) is 17.2 Å². The number of piperidine rings is 1. The number of fused-ring (bicyclic) bond motifs is 13. The molecule has 1 fully saturated rings. The third-order valence-corrected chi connectivity index (χ3v) is 14.1. The Labute approximate surface area is 399 Å². The normalized spacial score (nSPS) is 29.9. The number of ether oxygens (including phenoxy) is 4. The summed E-state index contributed by atoms with van der Waals surface area (Å²) in [5.41, 5.74) is -0.130. The molecule has 7 rings (SSSR count). The molecule has 1 amide bonds. The molecule has 6 N–H and O–H groups in total. The highest BCUT2D eigenvalue weighted by atomic mass is 16.7. The zero-order valence-corrected chi connectivity index (χ0v) is 41.8. The minimum absolute atomic E-state index is 0.0563. The average molecular weight is 948 g/mol. The third-order valence-electron chi connectivity index (χ3n) is 14.1. The smallest absolute Gasteiger partial charge is 0.314 e. The number of anilines is 1. The largest absolute Gasteiger partial charge is 0.507 e. The van der Waals surface area contributed by atoms with Crippen LogP contribution < -0.4 is 20.8 Å². The summed E-state index contributed by atoms with van der Waals surface area (Å²) in [6, 6.07) is 0. The van der Waals surface area contributed by atoms with E-state index in [1.54, 1.807) is 45.9 Å². The number of hydrogen-bond donors (Lipinski definition) is 6. The van der Waals surface area contributed by atoms with Gasteiger partial charge in [-0.15, -0.1) is 0 Å². The molecule has 0 radical (unpaired) electrons. The van der Waals surface area contributed by atoms with Crippen molar-refractivity contribution in [3.8, 4) is 17.2 Å². The molecule has 5 bridgehead atoms. The zero-order valence-electron chi connectivity index (χ0n) is 41.8. The molecule has 9 atom stereocenters. The summed E-state index contributed by atoms with van der Waals surface area (Å²) < 4.78 is 24.2. The molecule has 68 heavy (non-hydrogen) atoms. The Morgan fingerprint density at radius 2 is 1.72 bits per heavy atom. The third kappa shape index (κ3) is 10.8. The fraction of sp³-hybridized carbons (Fsp3) is 0.627. The first-order valence-electron chi connectivity index (χ1n) is 23.9. The van der Waals surface area contributed by atoms with E-state index in [2.05, 4.69) is 29.1 Å². The summed E-state index contributed by atoms with van der Waals surface area (Å²) in [7, 11) is 3.69. The van der Waals surface area contributed by atoms with E-state index < -0.39 is 82.6 Å². The number of phenols is 2. The number of hydrogen-bond acceptors (Lipinski definition) is 16. The summed E-state index contributed by atoms with van der Waals surface area (Å²) in [5, 5.41) is 62.3. The minimum atomic E-state index is -2.04. The fourth-order valence-electron chi connectivity index (χ4n) is 9.38. The Bertz CT molecular complexity index is 2470. The molecular weight excluding hydrogens is 875 g/mol. The minimum Gasteiger partial charge on any atom is -0.507 e. The number of phenolic OH excluding ortho intramolecular Hbond substituents is 2. The maximum absolute atomic E-state index is 14.8. The number of aliphatic hydroxyl groups excluding tert-OH is 2. The molecule has 17 heteroatoms. The van der Waals surface area contributed by atoms with Gasteiger partial charge in [0.2, 0.25) is 0 Å². The maximum Gasteiger partial charge on any atom is 0.314 e. The lowest BCUT2D eigenvalue weighted by atomic mass is 9.83. The lowest BCUT2D eigenvalue weighted by Crippen LogP contribution is -2.49. The Morgan fingerprint density at radius 1 is 1.04 bits per heavy atom. The predicted molar refractivity (Wildman–Crippen MR) is 256 cm³/mol. The second-order valence-corrected chi connectivity index (χ2v) is 20.5. The molecule has 0 aromatic heterocycles. The number of carbonyl (C=O) groups is 3. The number of allylic oxidation sites excluding steroid dienone is 3. The lowest BCUT2D eigenvalue weighted by Gasteiger charge is -2.40. The van der Waals surface area contributed by atoms with Crippen LogP contribution in [0.25, 0.3) is 10.8 Å². The van der Waals surface area contributed by atoms with Gasteiger partial charge in [0.15, 0.2) is 11.5 Å². The average Bonchev–Trinajstić information content (AvgIpc) is 3.77. The monoisotopic (exact) mass is 948 g/mol. The first kappa shape index (κ1) is 52.5. The van der Waals surface area contributed by atoms with Gasteiger partial charge in [0.1, 0.15) is 40.4 Å². The van der Waals surface area contributed by atoms with Crippen molar-refractivity contribution in [1.29, 1.82) is 0 Å². The lowest BCUT2D eigenvalue weighted by molar-refractivity contribution is -0.268. The second kappa shape index (κ2) is 20.6. The van der Waals surface area contributed by atoms with E-state index in [1.165, 1.54) is 33.1 Å². The maximum atomic E-state index is 14.8. The number of aliphatic hydroxyl groups is 3. The topological polar surface area (TPSA) is 233 Å². The van der Waals surface area contributed by atoms with Crippen molar-refractivity contribution in [2.24, 2.45) is 39.6 Å². The number of Topliss-reactive ketones (excluding diaryl/α,β-unsaturated/α-hetero) is 1. The highest BCUT2D eigenvalue weighted by Crippen LogP contribution is 2.51. The standard InChI is InChI=1S/C51H73N5O12/c1-27(2)26-56-20-18-51(19-21-56)53-39-36-37-42(59)32(7)45-38(36)46(61)50(10,68-45)66-23-14-17-29(4)44(67-49(9,64)33(8)48(63)65-24-22-55(11)12)31(6)35(58)25-34(57)28(3)15-13-16-30(5)47(62)52-41(43(37)60)40(39)54-51/h13-16,23,27-29,31,33-35,44,53,57-60,64H,17-22,24-26H2,1-12H3/b15-13+,23-14+,30-16-,52-41?/t28-,29+,31+,33?,34+,35?,44+,49?,50?/m0/s1. The molecule has 4 unspecified atom stereocenters. The number of nitrogens with zero attached hydrogens (tertiary/aromatic N) is 4. The molecule has 1 spiro atoms. The van der Waals surface area contributed by atoms with Gasteiger partial charge in [-0.25, -0.2) is 4.99 Å². The van der Waals surface area contributed by atoms with Crippen molar-refractivity contribution in [2.45, 2.75) is 130 Å². The number of aromatic hydroxyl groups is 2. The van der Waals surface area contributed by atoms with Gasteiger partial charge in [-0.3, -0.25) is 19.4 Å². The van der Waals surface area contributed by atoms with Gasteiger partial charge in [0.05, 0.1) is 41.2 Å². The van der Waals surface area contributed by atoms with E-state index in [-0.39, 0.29) is 69.1 Å². The Morgan fingerprint density at radius 3 is 2.37 bits per heavy atom. The molecule has 5 heterocycles. The van der Waals surface area contributed by atoms with Crippen molar-refractivity contribution < 1.29 is 58.9 Å². The van der Waals surface area contributed by atoms with E-state index in [4.69, 9.17) is 23.9 Å². The van der Waals surface area contributed by atoms with Gasteiger partial charge >= 0.3 is 11.8 Å². The van der Waals surface area contributed by atoms with Crippen molar-refractivity contribution in [3.05, 3.63) is 58.0 Å². The van der Waals surface area contributed by atoms with Crippen LogP contribution in [0.2, 0.25) is 0 Å². The summed E-state index contributed by atoms with van der Waals surface area (Å²) in [6.07, 6.45) is 6.06. The first-order valence-corrected chi connectivity index (χ1v) is 23.9. The number of benzene rings is 2. The number of nitrogens with one attached hydrogen (secondary N) is 1. The molecule has 5 aliphatic heterocycles. The molecule has 17 nitrogen and oxygen atoms in total. The molecule has 1 saturated heterocycles. The van der Waals surface area contributed by atoms with Gasteiger partial charge in [-0.1, -0.05) is 52.8 Å². The molecule has 0 aliphatic carbocycles. The Hall–Kier alpha value is -4.91. The van der Waals surface area contributed by atoms with E-state index in [1.807, 2.05) is 25.9 Å². The Balaban J connectivity index is 1.44. The summed E-state index contributed by atoms with van der Waals surface area (Å²) >= 11 is 0. The number of ketones is 1. The summed E-state index contributed by atoms with van der Waals surface area (Å²) in [4.78, 5) is 55.6. The van der Waals surface area contributed by atoms with Crippen LogP contribution in [0.4, 0.5) is 5.69 Å². The molecule has 0 saturated carbocycles. The quantitative estimate of drug-likeness (QED) is 0.113. The highest BCUT2D eigenvalue weighted by molar-refractivity contribution is 6.21. The molecule has 2 aromatic carbocycles. The number of rotatable bonds is 9. The highest BCUT2D eigenvalue weighted by Gasteiger charge is 2.51. The van der Waals surface area contributed by atoms with Gasteiger partial charge in [0, 0.05) is 80.7 Å². The summed E-state index contributed by atoms with van der Waals surface area (Å²) in [5.74, 6) is -9.07. The van der Waals surface area contributed by atoms with Crippen LogP contribution in [-0.2, 0) is 23.8 Å². The van der Waals surface area contributed by atoms with Crippen LogP contribution in [0.1, 0.15) is 104 Å². The zero-order chi connectivity index (χ0) is 50.2. The van der Waals surface area contributed by atoms with E-state index in [0.29, 0.717) is 31.0 Å². The molecule has 5 aliphatic rings. The van der Waals surface area contributed by atoms with Crippen LogP contribution >= 0.6 is 0 Å². The van der Waals surface area contributed by atoms with Crippen LogP contribution in [-0.4, -0.2) is 135 Å². The van der Waals surface area contributed by atoms with Crippen molar-refractivity contribution in [2.75, 3.05) is 52.2 Å². The predicted octanol–water partition coefficient (Wildman–Crippen LogP) is 4.78. The Kier molecular flexibility index (Phi) is 15.9. The van der Waals surface area contributed by atoms with Gasteiger partial charge in [-0.2, -0.15) is 0 Å². The SMILES string of the molecule is C/C1=C/C=C/[C@H](C)[C@H](O)CC(O)[C@@H](C)[C@H](OC(C)(O)C(C)C(=O)OCCN(C)C)[C@H](C)C/C=C/OC2(C)Oc3c(C)c(O)c4c(O)c(c5c(c4c3C2=O)NC2(CCN(CC(C)C)CC2)N=5)=NC1=O. The number of amides is 1. The summed E-state index contributed by atoms with van der Waals surface area (Å²) in [6.45, 7) is 20.1. The van der Waals surface area contributed by atoms with Crippen molar-refractivity contribution in [1.82, 2.24) is 9.80 Å². The van der Waals surface area contributed by atoms with E-state index in [0.717, 1.165) is 19.6 Å². The van der Waals surface area contributed by atoms with Gasteiger partial charge < -0.3 is 59.6 Å². The number of likely N-dealkylation sites (N-methyl/N-ethyl adjacent to an activating group) is 1. The van der Waals surface area contributed by atoms with Gasteiger partial charge in [-0.05, 0) is 66.1 Å². The molecule has 2 aromatic rings. The second-order valence-electron chi connectivity index (χ2n) is 20.5. The first-order chi connectivity index (χ1) is 31.8. The van der Waals surface area contributed by atoms with Gasteiger partial charge in [0.25, 0.3) is 11.7 Å².